The molecular formula is C13H20N2O2S. The number of rotatable bonds is 4. The molecule has 0 unspecified atom stereocenters. The minimum absolute atomic E-state index is 0.121. The van der Waals surface area contributed by atoms with Gasteiger partial charge in [0.1, 0.15) is 0 Å². The molecule has 0 saturated carbocycles. The molecule has 2 heterocycles. The smallest absolute Gasteiger partial charge is 0.220 e. The Labute approximate surface area is 112 Å². The van der Waals surface area contributed by atoms with E-state index < -0.39 is 0 Å². The second-order valence-electron chi connectivity index (χ2n) is 4.81. The maximum absolute atomic E-state index is 11.8. The van der Waals surface area contributed by atoms with Crippen LogP contribution in [0.1, 0.15) is 34.8 Å². The summed E-state index contributed by atoms with van der Waals surface area (Å²) in [6.07, 6.45) is 2.76. The molecule has 4 nitrogen and oxygen atoms in total. The molecule has 100 valence electrons. The van der Waals surface area contributed by atoms with Crippen LogP contribution < -0.4 is 5.32 Å². The van der Waals surface area contributed by atoms with E-state index in [2.05, 4.69) is 10.3 Å². The van der Waals surface area contributed by atoms with E-state index in [9.17, 15) is 4.79 Å². The minimum atomic E-state index is 0.121. The number of aromatic nitrogens is 1. The van der Waals surface area contributed by atoms with Crippen LogP contribution in [-0.2, 0) is 16.1 Å². The van der Waals surface area contributed by atoms with Gasteiger partial charge in [0, 0.05) is 24.5 Å². The fraction of sp³-hybridized carbons (Fsp3) is 0.692. The van der Waals surface area contributed by atoms with E-state index in [1.54, 1.807) is 11.3 Å². The van der Waals surface area contributed by atoms with Gasteiger partial charge in [-0.15, -0.1) is 11.3 Å². The lowest BCUT2D eigenvalue weighted by Gasteiger charge is -2.21. The Bertz CT molecular complexity index is 411. The highest BCUT2D eigenvalue weighted by molar-refractivity contribution is 7.11. The SMILES string of the molecule is Cc1nc(C)c(CNC(=O)C[C@H]2CCCOC2)s1. The molecule has 1 N–H and O–H groups in total. The number of ether oxygens (including phenoxy) is 1. The fourth-order valence-electron chi connectivity index (χ4n) is 2.22. The van der Waals surface area contributed by atoms with E-state index in [4.69, 9.17) is 4.74 Å². The molecule has 1 aliphatic heterocycles. The molecule has 1 atom stereocenters. The first kappa shape index (κ1) is 13.5. The lowest BCUT2D eigenvalue weighted by atomic mass is 9.98. The average molecular weight is 268 g/mol. The van der Waals surface area contributed by atoms with Crippen molar-refractivity contribution in [1.29, 1.82) is 0 Å². The molecule has 0 spiro atoms. The number of carbonyl (C=O) groups is 1. The van der Waals surface area contributed by atoms with Crippen LogP contribution >= 0.6 is 11.3 Å². The van der Waals surface area contributed by atoms with Crippen LogP contribution in [0, 0.1) is 19.8 Å². The van der Waals surface area contributed by atoms with Gasteiger partial charge in [-0.2, -0.15) is 0 Å². The van der Waals surface area contributed by atoms with Gasteiger partial charge in [-0.3, -0.25) is 4.79 Å². The molecule has 1 saturated heterocycles. The Morgan fingerprint density at radius 3 is 3.00 bits per heavy atom. The van der Waals surface area contributed by atoms with Gasteiger partial charge < -0.3 is 10.1 Å². The number of carbonyl (C=O) groups excluding carboxylic acids is 1. The zero-order valence-corrected chi connectivity index (χ0v) is 11.8. The number of thiazole rings is 1. The first-order chi connectivity index (χ1) is 8.65. The Morgan fingerprint density at radius 2 is 2.39 bits per heavy atom. The Balaban J connectivity index is 1.75. The van der Waals surface area contributed by atoms with Crippen molar-refractivity contribution in [2.75, 3.05) is 13.2 Å². The largest absolute Gasteiger partial charge is 0.381 e. The summed E-state index contributed by atoms with van der Waals surface area (Å²) in [5.74, 6) is 0.513. The maximum Gasteiger partial charge on any atom is 0.220 e. The molecule has 0 radical (unpaired) electrons. The van der Waals surface area contributed by atoms with Gasteiger partial charge in [-0.05, 0) is 32.6 Å². The number of hydrogen-bond donors (Lipinski definition) is 1. The topological polar surface area (TPSA) is 51.2 Å². The molecule has 0 aliphatic carbocycles. The Hall–Kier alpha value is -0.940. The van der Waals surface area contributed by atoms with Crippen molar-refractivity contribution in [3.63, 3.8) is 0 Å². The van der Waals surface area contributed by atoms with Gasteiger partial charge in [0.05, 0.1) is 17.2 Å². The van der Waals surface area contributed by atoms with Gasteiger partial charge in [0.2, 0.25) is 5.91 Å². The van der Waals surface area contributed by atoms with E-state index in [0.717, 1.165) is 41.6 Å². The van der Waals surface area contributed by atoms with Crippen molar-refractivity contribution in [3.8, 4) is 0 Å². The zero-order valence-electron chi connectivity index (χ0n) is 11.0. The van der Waals surface area contributed by atoms with Gasteiger partial charge in [0.15, 0.2) is 0 Å². The molecule has 5 heteroatoms. The van der Waals surface area contributed by atoms with Gasteiger partial charge >= 0.3 is 0 Å². The van der Waals surface area contributed by atoms with Crippen LogP contribution in [0.15, 0.2) is 0 Å². The molecule has 1 aromatic heterocycles. The van der Waals surface area contributed by atoms with E-state index in [1.165, 1.54) is 0 Å². The molecule has 2 rings (SSSR count). The van der Waals surface area contributed by atoms with Crippen LogP contribution in [0.2, 0.25) is 0 Å². The third-order valence-electron chi connectivity index (χ3n) is 3.17. The molecule has 0 aromatic carbocycles. The zero-order chi connectivity index (χ0) is 13.0. The van der Waals surface area contributed by atoms with Crippen molar-refractivity contribution < 1.29 is 9.53 Å². The van der Waals surface area contributed by atoms with Crippen molar-refractivity contribution in [1.82, 2.24) is 10.3 Å². The number of hydrogen-bond acceptors (Lipinski definition) is 4. The van der Waals surface area contributed by atoms with Crippen molar-refractivity contribution >= 4 is 17.2 Å². The highest BCUT2D eigenvalue weighted by atomic mass is 32.1. The molecule has 1 aliphatic rings. The van der Waals surface area contributed by atoms with Crippen LogP contribution in [0.25, 0.3) is 0 Å². The normalized spacial score (nSPS) is 19.8. The third-order valence-corrected chi connectivity index (χ3v) is 4.25. The number of amides is 1. The lowest BCUT2D eigenvalue weighted by Crippen LogP contribution is -2.28. The molecule has 1 aromatic rings. The van der Waals surface area contributed by atoms with Gasteiger partial charge in [-0.25, -0.2) is 4.98 Å². The average Bonchev–Trinajstić information content (AvgIpc) is 2.66. The van der Waals surface area contributed by atoms with Crippen molar-refractivity contribution in [3.05, 3.63) is 15.6 Å². The fourth-order valence-corrected chi connectivity index (χ4v) is 3.10. The highest BCUT2D eigenvalue weighted by Gasteiger charge is 2.17. The second-order valence-corrected chi connectivity index (χ2v) is 6.09. The first-order valence-electron chi connectivity index (χ1n) is 6.42. The second kappa shape index (κ2) is 6.29. The van der Waals surface area contributed by atoms with E-state index in [1.807, 2.05) is 13.8 Å². The van der Waals surface area contributed by atoms with Crippen LogP contribution in [0.4, 0.5) is 0 Å². The summed E-state index contributed by atoms with van der Waals surface area (Å²) in [5.41, 5.74) is 1.03. The molecule has 1 fully saturated rings. The lowest BCUT2D eigenvalue weighted by molar-refractivity contribution is -0.123. The summed E-state index contributed by atoms with van der Waals surface area (Å²) in [4.78, 5) is 17.3. The Kier molecular flexibility index (Phi) is 4.72. The number of nitrogens with zero attached hydrogens (tertiary/aromatic N) is 1. The van der Waals surface area contributed by atoms with E-state index in [-0.39, 0.29) is 5.91 Å². The molecule has 18 heavy (non-hydrogen) atoms. The Morgan fingerprint density at radius 1 is 1.56 bits per heavy atom. The standard InChI is InChI=1S/C13H20N2O2S/c1-9-12(18-10(2)15-9)7-14-13(16)6-11-4-3-5-17-8-11/h11H,3-8H2,1-2H3,(H,14,16)/t11-/m1/s1. The predicted molar refractivity (Wildman–Crippen MR) is 71.6 cm³/mol. The first-order valence-corrected chi connectivity index (χ1v) is 7.24. The van der Waals surface area contributed by atoms with E-state index in [0.29, 0.717) is 18.9 Å². The number of aryl methyl sites for hydroxylation is 2. The summed E-state index contributed by atoms with van der Waals surface area (Å²) in [5, 5.41) is 4.03. The van der Waals surface area contributed by atoms with E-state index >= 15 is 0 Å². The van der Waals surface area contributed by atoms with Crippen molar-refractivity contribution in [2.24, 2.45) is 5.92 Å². The van der Waals surface area contributed by atoms with Crippen LogP contribution in [0.5, 0.6) is 0 Å². The third kappa shape index (κ3) is 3.78. The molecule has 0 bridgehead atoms. The highest BCUT2D eigenvalue weighted by Crippen LogP contribution is 2.18. The molecule has 1 amide bonds. The van der Waals surface area contributed by atoms with Crippen LogP contribution in [0.3, 0.4) is 0 Å². The predicted octanol–water partition coefficient (Wildman–Crippen LogP) is 2.19. The molecular weight excluding hydrogens is 248 g/mol. The van der Waals surface area contributed by atoms with Crippen LogP contribution in [-0.4, -0.2) is 24.1 Å². The maximum atomic E-state index is 11.8. The quantitative estimate of drug-likeness (QED) is 0.910. The van der Waals surface area contributed by atoms with Gasteiger partial charge in [-0.1, -0.05) is 0 Å². The summed E-state index contributed by atoms with van der Waals surface area (Å²) >= 11 is 1.65. The van der Waals surface area contributed by atoms with Gasteiger partial charge in [0.25, 0.3) is 0 Å². The monoisotopic (exact) mass is 268 g/mol. The summed E-state index contributed by atoms with van der Waals surface area (Å²) in [7, 11) is 0. The summed E-state index contributed by atoms with van der Waals surface area (Å²) < 4.78 is 5.38. The van der Waals surface area contributed by atoms with Crippen molar-refractivity contribution in [2.45, 2.75) is 39.7 Å². The summed E-state index contributed by atoms with van der Waals surface area (Å²) in [6.45, 7) is 6.15. The minimum Gasteiger partial charge on any atom is -0.381 e. The number of nitrogens with one attached hydrogen (secondary N) is 1. The summed E-state index contributed by atoms with van der Waals surface area (Å²) in [6, 6.07) is 0.